The summed E-state index contributed by atoms with van der Waals surface area (Å²) in [6, 6.07) is 16.5. The van der Waals surface area contributed by atoms with Gasteiger partial charge in [0.2, 0.25) is 11.8 Å². The van der Waals surface area contributed by atoms with Gasteiger partial charge in [0, 0.05) is 22.6 Å². The molecule has 0 radical (unpaired) electrons. The number of halogens is 3. The molecule has 0 saturated carbocycles. The first-order valence-electron chi connectivity index (χ1n) is 12.7. The third-order valence-electron chi connectivity index (χ3n) is 6.53. The van der Waals surface area contributed by atoms with Crippen LogP contribution in [0.4, 0.5) is 5.69 Å². The molecule has 1 N–H and O–H groups in total. The number of carbonyl (C=O) groups excluding carboxylic acids is 2. The first kappa shape index (κ1) is 31.7. The van der Waals surface area contributed by atoms with Crippen LogP contribution in [0.15, 0.2) is 71.6 Å². The van der Waals surface area contributed by atoms with Gasteiger partial charge in [0.15, 0.2) is 0 Å². The first-order valence-corrected chi connectivity index (χ1v) is 15.3. The number of benzene rings is 3. The molecule has 0 aromatic heterocycles. The zero-order valence-corrected chi connectivity index (χ0v) is 25.8. The van der Waals surface area contributed by atoms with Crippen molar-refractivity contribution in [3.8, 4) is 0 Å². The number of hydrogen-bond donors (Lipinski definition) is 1. The van der Waals surface area contributed by atoms with Crippen molar-refractivity contribution < 1.29 is 18.0 Å². The standard InChI is InChI=1S/C29H32Cl3N3O4S/c1-5-20(3)33-29(37)21(4)34(17-22-12-13-23(30)16-26(22)32)28(36)18-35(27-9-7-6-8-25(27)31)40(38,39)24-14-10-19(2)11-15-24/h6-16,20-21H,5,17-18H2,1-4H3,(H,33,37)/t20-,21+/m1/s1. The van der Waals surface area contributed by atoms with Crippen molar-refractivity contribution >= 4 is 62.3 Å². The Morgan fingerprint density at radius 1 is 0.925 bits per heavy atom. The van der Waals surface area contributed by atoms with E-state index in [0.29, 0.717) is 22.0 Å². The van der Waals surface area contributed by atoms with Gasteiger partial charge >= 0.3 is 0 Å². The fraction of sp³-hybridized carbons (Fsp3) is 0.310. The second-order valence-corrected chi connectivity index (χ2v) is 12.6. The van der Waals surface area contributed by atoms with E-state index in [1.807, 2.05) is 20.8 Å². The number of carbonyl (C=O) groups is 2. The molecule has 0 unspecified atom stereocenters. The first-order chi connectivity index (χ1) is 18.8. The third kappa shape index (κ3) is 7.69. The number of amides is 2. The van der Waals surface area contributed by atoms with Crippen molar-refractivity contribution in [1.82, 2.24) is 10.2 Å². The second kappa shape index (κ2) is 13.7. The summed E-state index contributed by atoms with van der Waals surface area (Å²) in [7, 11) is -4.22. The largest absolute Gasteiger partial charge is 0.352 e. The number of anilines is 1. The minimum Gasteiger partial charge on any atom is -0.352 e. The average molecular weight is 625 g/mol. The highest BCUT2D eigenvalue weighted by molar-refractivity contribution is 7.92. The van der Waals surface area contributed by atoms with Gasteiger partial charge < -0.3 is 10.2 Å². The Morgan fingerprint density at radius 2 is 1.57 bits per heavy atom. The maximum absolute atomic E-state index is 14.0. The molecule has 3 aromatic carbocycles. The molecule has 0 heterocycles. The third-order valence-corrected chi connectivity index (χ3v) is 9.21. The van der Waals surface area contributed by atoms with Gasteiger partial charge in [-0.15, -0.1) is 0 Å². The smallest absolute Gasteiger partial charge is 0.264 e. The van der Waals surface area contributed by atoms with E-state index in [0.717, 1.165) is 9.87 Å². The summed E-state index contributed by atoms with van der Waals surface area (Å²) in [4.78, 5) is 28.4. The van der Waals surface area contributed by atoms with Crippen LogP contribution in [0.25, 0.3) is 0 Å². The highest BCUT2D eigenvalue weighted by Gasteiger charge is 2.33. The molecule has 0 bridgehead atoms. The van der Waals surface area contributed by atoms with Crippen LogP contribution in [-0.2, 0) is 26.2 Å². The van der Waals surface area contributed by atoms with Crippen molar-refractivity contribution in [2.24, 2.45) is 0 Å². The minimum atomic E-state index is -4.22. The molecular weight excluding hydrogens is 593 g/mol. The lowest BCUT2D eigenvalue weighted by Crippen LogP contribution is -2.52. The quantitative estimate of drug-likeness (QED) is 0.265. The second-order valence-electron chi connectivity index (χ2n) is 9.53. The van der Waals surface area contributed by atoms with Crippen LogP contribution in [0, 0.1) is 6.92 Å². The van der Waals surface area contributed by atoms with Gasteiger partial charge in [-0.2, -0.15) is 0 Å². The van der Waals surface area contributed by atoms with Crippen molar-refractivity contribution in [1.29, 1.82) is 0 Å². The fourth-order valence-corrected chi connectivity index (χ4v) is 6.08. The van der Waals surface area contributed by atoms with Crippen molar-refractivity contribution in [3.63, 3.8) is 0 Å². The van der Waals surface area contributed by atoms with E-state index in [-0.39, 0.29) is 34.1 Å². The monoisotopic (exact) mass is 623 g/mol. The lowest BCUT2D eigenvalue weighted by molar-refractivity contribution is -0.139. The molecule has 0 fully saturated rings. The van der Waals surface area contributed by atoms with E-state index in [4.69, 9.17) is 34.8 Å². The van der Waals surface area contributed by atoms with Gasteiger partial charge in [0.25, 0.3) is 10.0 Å². The van der Waals surface area contributed by atoms with E-state index in [1.165, 1.54) is 23.1 Å². The molecule has 3 aromatic rings. The summed E-state index contributed by atoms with van der Waals surface area (Å²) >= 11 is 18.9. The van der Waals surface area contributed by atoms with Crippen molar-refractivity contribution in [2.45, 2.75) is 57.6 Å². The molecule has 3 rings (SSSR count). The Balaban J connectivity index is 2.06. The zero-order chi connectivity index (χ0) is 29.6. The number of aryl methyl sites for hydroxylation is 1. The number of sulfonamides is 1. The van der Waals surface area contributed by atoms with Crippen LogP contribution in [0.5, 0.6) is 0 Å². The Bertz CT molecular complexity index is 1470. The molecule has 11 heteroatoms. The summed E-state index contributed by atoms with van der Waals surface area (Å²) in [6.45, 7) is 6.58. The van der Waals surface area contributed by atoms with Crippen molar-refractivity contribution in [2.75, 3.05) is 10.8 Å². The summed E-state index contributed by atoms with van der Waals surface area (Å²) in [5.74, 6) is -0.994. The lowest BCUT2D eigenvalue weighted by Gasteiger charge is -2.33. The highest BCUT2D eigenvalue weighted by atomic mass is 35.5. The molecular formula is C29H32Cl3N3O4S. The molecule has 0 aliphatic rings. The van der Waals surface area contributed by atoms with Crippen LogP contribution in [-0.4, -0.2) is 43.8 Å². The molecule has 0 aliphatic carbocycles. The van der Waals surface area contributed by atoms with Crippen LogP contribution >= 0.6 is 34.8 Å². The Hall–Kier alpha value is -2.78. The summed E-state index contributed by atoms with van der Waals surface area (Å²) in [6.07, 6.45) is 0.699. The Labute approximate surface area is 251 Å². The molecule has 0 saturated heterocycles. The van der Waals surface area contributed by atoms with Gasteiger partial charge in [0.1, 0.15) is 12.6 Å². The van der Waals surface area contributed by atoms with E-state index in [2.05, 4.69) is 5.32 Å². The molecule has 40 heavy (non-hydrogen) atoms. The Kier molecular flexibility index (Phi) is 10.9. The predicted octanol–water partition coefficient (Wildman–Crippen LogP) is 6.48. The fourth-order valence-electron chi connectivity index (χ4n) is 3.89. The summed E-state index contributed by atoms with van der Waals surface area (Å²) in [5.41, 5.74) is 1.57. The van der Waals surface area contributed by atoms with Gasteiger partial charge in [-0.3, -0.25) is 13.9 Å². The van der Waals surface area contributed by atoms with Crippen molar-refractivity contribution in [3.05, 3.63) is 92.9 Å². The van der Waals surface area contributed by atoms with Crippen LogP contribution in [0.2, 0.25) is 15.1 Å². The Morgan fingerprint density at radius 3 is 2.17 bits per heavy atom. The zero-order valence-electron chi connectivity index (χ0n) is 22.7. The number of nitrogens with zero attached hydrogens (tertiary/aromatic N) is 2. The average Bonchev–Trinajstić information content (AvgIpc) is 2.91. The SMILES string of the molecule is CC[C@@H](C)NC(=O)[C@H](C)N(Cc1ccc(Cl)cc1Cl)C(=O)CN(c1ccccc1Cl)S(=O)(=O)c1ccc(C)cc1. The summed E-state index contributed by atoms with van der Waals surface area (Å²) < 4.78 is 28.7. The number of hydrogen-bond acceptors (Lipinski definition) is 4. The lowest BCUT2D eigenvalue weighted by atomic mass is 10.1. The maximum Gasteiger partial charge on any atom is 0.264 e. The molecule has 214 valence electrons. The van der Waals surface area contributed by atoms with E-state index in [1.54, 1.807) is 55.5 Å². The predicted molar refractivity (Wildman–Crippen MR) is 162 cm³/mol. The van der Waals surface area contributed by atoms with Crippen LogP contribution < -0.4 is 9.62 Å². The molecule has 7 nitrogen and oxygen atoms in total. The topological polar surface area (TPSA) is 86.8 Å². The van der Waals surface area contributed by atoms with Gasteiger partial charge in [-0.1, -0.05) is 77.6 Å². The summed E-state index contributed by atoms with van der Waals surface area (Å²) in [5, 5.41) is 3.78. The molecule has 0 spiro atoms. The maximum atomic E-state index is 14.0. The molecule has 2 amide bonds. The number of para-hydroxylation sites is 1. The van der Waals surface area contributed by atoms with Gasteiger partial charge in [-0.05, 0) is 69.2 Å². The highest BCUT2D eigenvalue weighted by Crippen LogP contribution is 2.31. The van der Waals surface area contributed by atoms with Crippen LogP contribution in [0.3, 0.4) is 0 Å². The number of nitrogens with one attached hydrogen (secondary N) is 1. The van der Waals surface area contributed by atoms with Gasteiger partial charge in [0.05, 0.1) is 15.6 Å². The number of rotatable bonds is 11. The van der Waals surface area contributed by atoms with E-state index >= 15 is 0 Å². The molecule has 0 aliphatic heterocycles. The minimum absolute atomic E-state index is 0.000627. The van der Waals surface area contributed by atoms with Crippen LogP contribution in [0.1, 0.15) is 38.3 Å². The van der Waals surface area contributed by atoms with E-state index in [9.17, 15) is 18.0 Å². The van der Waals surface area contributed by atoms with Gasteiger partial charge in [-0.25, -0.2) is 8.42 Å². The normalized spacial score (nSPS) is 12.9. The van der Waals surface area contributed by atoms with E-state index < -0.39 is 28.5 Å². The molecule has 2 atom stereocenters.